The topological polar surface area (TPSA) is 72.9 Å². The van der Waals surface area contributed by atoms with Gasteiger partial charge >= 0.3 is 5.97 Å². The number of nitrogens with zero attached hydrogens (tertiary/aromatic N) is 1. The number of thioether (sulfide) groups is 1. The minimum absolute atomic E-state index is 0.129. The molecule has 1 saturated heterocycles. The fraction of sp³-hybridized carbons (Fsp3) is 0.0800. The van der Waals surface area contributed by atoms with Gasteiger partial charge < -0.3 is 9.47 Å². The highest BCUT2D eigenvalue weighted by atomic mass is 79.9. The van der Waals surface area contributed by atoms with Gasteiger partial charge in [-0.05, 0) is 81.3 Å². The number of rotatable bonds is 6. The third-order valence-electron chi connectivity index (χ3n) is 4.86. The molecule has 6 nitrogen and oxygen atoms in total. The molecule has 1 aliphatic heterocycles. The van der Waals surface area contributed by atoms with Gasteiger partial charge in [-0.25, -0.2) is 4.79 Å². The lowest BCUT2D eigenvalue weighted by Gasteiger charge is -2.13. The molecule has 3 aromatic rings. The van der Waals surface area contributed by atoms with Crippen molar-refractivity contribution < 1.29 is 23.9 Å². The summed E-state index contributed by atoms with van der Waals surface area (Å²) in [5, 5.41) is 0.167. The average Bonchev–Trinajstić information content (AvgIpc) is 3.08. The van der Waals surface area contributed by atoms with Gasteiger partial charge in [-0.3, -0.25) is 14.5 Å². The summed E-state index contributed by atoms with van der Waals surface area (Å²) in [6.45, 7) is 0.129. The Morgan fingerprint density at radius 3 is 2.56 bits per heavy atom. The smallest absolute Gasteiger partial charge is 0.343 e. The first-order valence-electron chi connectivity index (χ1n) is 10.0. The van der Waals surface area contributed by atoms with Crippen LogP contribution in [0.2, 0.25) is 5.02 Å². The van der Waals surface area contributed by atoms with Gasteiger partial charge in [-0.2, -0.15) is 0 Å². The highest BCUT2D eigenvalue weighted by Crippen LogP contribution is 2.39. The number of esters is 1. The quantitative estimate of drug-likeness (QED) is 0.194. The van der Waals surface area contributed by atoms with E-state index in [0.717, 1.165) is 17.3 Å². The van der Waals surface area contributed by atoms with Gasteiger partial charge in [0, 0.05) is 5.02 Å². The van der Waals surface area contributed by atoms with Crippen molar-refractivity contribution in [1.82, 2.24) is 4.90 Å². The Kier molecular flexibility index (Phi) is 7.41. The normalized spacial score (nSPS) is 14.6. The highest BCUT2D eigenvalue weighted by molar-refractivity contribution is 9.10. The van der Waals surface area contributed by atoms with E-state index in [1.807, 2.05) is 0 Å². The molecule has 9 heteroatoms. The Balaban J connectivity index is 1.57. The fourth-order valence-corrected chi connectivity index (χ4v) is 4.85. The molecule has 3 aromatic carbocycles. The molecule has 1 heterocycles. The lowest BCUT2D eigenvalue weighted by atomic mass is 10.1. The summed E-state index contributed by atoms with van der Waals surface area (Å²) in [4.78, 5) is 39.3. The van der Waals surface area contributed by atoms with Crippen LogP contribution in [0.25, 0.3) is 6.08 Å². The van der Waals surface area contributed by atoms with Gasteiger partial charge in [-0.15, -0.1) is 0 Å². The van der Waals surface area contributed by atoms with Crippen molar-refractivity contribution >= 4 is 62.5 Å². The Morgan fingerprint density at radius 1 is 1.09 bits per heavy atom. The monoisotopic (exact) mass is 557 g/mol. The van der Waals surface area contributed by atoms with Crippen molar-refractivity contribution in [3.63, 3.8) is 0 Å². The Hall–Kier alpha value is -3.07. The van der Waals surface area contributed by atoms with Crippen molar-refractivity contribution in [1.29, 1.82) is 0 Å². The zero-order valence-corrected chi connectivity index (χ0v) is 20.9. The molecule has 34 heavy (non-hydrogen) atoms. The number of amides is 2. The average molecular weight is 559 g/mol. The summed E-state index contributed by atoms with van der Waals surface area (Å²) in [5.41, 5.74) is 1.75. The third-order valence-corrected chi connectivity index (χ3v) is 6.59. The van der Waals surface area contributed by atoms with Crippen molar-refractivity contribution in [3.05, 3.63) is 97.8 Å². The number of benzene rings is 3. The second-order valence-corrected chi connectivity index (χ2v) is 9.47. The second kappa shape index (κ2) is 10.5. The van der Waals surface area contributed by atoms with E-state index in [1.54, 1.807) is 72.8 Å². The van der Waals surface area contributed by atoms with Gasteiger partial charge in [0.25, 0.3) is 11.1 Å². The van der Waals surface area contributed by atoms with Crippen LogP contribution in [0.1, 0.15) is 21.5 Å². The minimum Gasteiger partial charge on any atom is -0.493 e. The van der Waals surface area contributed by atoms with Crippen molar-refractivity contribution in [3.8, 4) is 11.5 Å². The number of hydrogen-bond donors (Lipinski definition) is 0. The maximum Gasteiger partial charge on any atom is 0.343 e. The summed E-state index contributed by atoms with van der Waals surface area (Å²) >= 11 is 10.3. The van der Waals surface area contributed by atoms with Crippen LogP contribution in [0.3, 0.4) is 0 Å². The first kappa shape index (κ1) is 24.1. The van der Waals surface area contributed by atoms with Gasteiger partial charge in [0.2, 0.25) is 0 Å². The zero-order chi connectivity index (χ0) is 24.2. The highest BCUT2D eigenvalue weighted by Gasteiger charge is 2.35. The van der Waals surface area contributed by atoms with Crippen molar-refractivity contribution in [2.45, 2.75) is 6.54 Å². The number of carbonyl (C=O) groups excluding carboxylic acids is 3. The zero-order valence-electron chi connectivity index (χ0n) is 17.8. The largest absolute Gasteiger partial charge is 0.493 e. The fourth-order valence-electron chi connectivity index (χ4n) is 3.25. The van der Waals surface area contributed by atoms with Gasteiger partial charge in [-0.1, -0.05) is 41.9 Å². The molecule has 2 amide bonds. The lowest BCUT2D eigenvalue weighted by molar-refractivity contribution is -0.123. The van der Waals surface area contributed by atoms with Crippen LogP contribution in [-0.2, 0) is 11.3 Å². The van der Waals surface area contributed by atoms with Gasteiger partial charge in [0.05, 0.1) is 28.6 Å². The molecule has 0 atom stereocenters. The number of methoxy groups -OCH3 is 1. The van der Waals surface area contributed by atoms with Crippen LogP contribution in [-0.4, -0.2) is 29.1 Å². The van der Waals surface area contributed by atoms with Crippen LogP contribution in [0.5, 0.6) is 11.5 Å². The maximum atomic E-state index is 12.9. The summed E-state index contributed by atoms with van der Waals surface area (Å²) in [6.07, 6.45) is 1.60. The molecule has 0 spiro atoms. The van der Waals surface area contributed by atoms with E-state index in [-0.39, 0.29) is 22.4 Å². The number of ether oxygens (including phenoxy) is 2. The van der Waals surface area contributed by atoms with Crippen LogP contribution in [0.4, 0.5) is 4.79 Å². The summed E-state index contributed by atoms with van der Waals surface area (Å²) < 4.78 is 11.4. The number of imide groups is 1. The number of hydrogen-bond acceptors (Lipinski definition) is 6. The van der Waals surface area contributed by atoms with Crippen molar-refractivity contribution in [2.24, 2.45) is 0 Å². The summed E-state index contributed by atoms with van der Waals surface area (Å²) in [7, 11) is 1.45. The molecule has 0 bridgehead atoms. The molecule has 0 radical (unpaired) electrons. The van der Waals surface area contributed by atoms with Crippen LogP contribution in [0, 0.1) is 0 Å². The molecule has 0 N–H and O–H groups in total. The predicted octanol–water partition coefficient (Wildman–Crippen LogP) is 6.57. The molecule has 0 aliphatic carbocycles. The van der Waals surface area contributed by atoms with E-state index in [9.17, 15) is 14.4 Å². The molecule has 0 unspecified atom stereocenters. The van der Waals surface area contributed by atoms with Crippen LogP contribution < -0.4 is 9.47 Å². The standard InChI is InChI=1S/C25H17BrClNO5S/c1-32-20-12-16(11-19(26)22(20)33-24(30)17-7-3-2-4-8-17)13-21-23(29)28(25(31)34-21)14-15-6-5-9-18(27)10-15/h2-13H,14H2,1H3/b21-13-. The van der Waals surface area contributed by atoms with Gasteiger partial charge in [0.1, 0.15) is 0 Å². The second-order valence-electron chi connectivity index (χ2n) is 7.19. The first-order chi connectivity index (χ1) is 16.4. The van der Waals surface area contributed by atoms with E-state index in [4.69, 9.17) is 21.1 Å². The number of halogens is 2. The summed E-state index contributed by atoms with van der Waals surface area (Å²) in [6, 6.07) is 18.9. The van der Waals surface area contributed by atoms with Crippen LogP contribution >= 0.6 is 39.3 Å². The third kappa shape index (κ3) is 5.35. The van der Waals surface area contributed by atoms with E-state index in [0.29, 0.717) is 26.4 Å². The minimum atomic E-state index is -0.533. The van der Waals surface area contributed by atoms with E-state index in [1.165, 1.54) is 12.0 Å². The molecule has 1 fully saturated rings. The molecular formula is C25H17BrClNO5S. The molecule has 1 aliphatic rings. The van der Waals surface area contributed by atoms with E-state index in [2.05, 4.69) is 15.9 Å². The van der Waals surface area contributed by atoms with E-state index < -0.39 is 11.9 Å². The molecule has 172 valence electrons. The Morgan fingerprint density at radius 2 is 1.85 bits per heavy atom. The SMILES string of the molecule is COc1cc(/C=C2\SC(=O)N(Cc3cccc(Cl)c3)C2=O)cc(Br)c1OC(=O)c1ccccc1. The van der Waals surface area contributed by atoms with Crippen molar-refractivity contribution in [2.75, 3.05) is 7.11 Å². The molecule has 4 rings (SSSR count). The van der Waals surface area contributed by atoms with Gasteiger partial charge in [0.15, 0.2) is 11.5 Å². The maximum absolute atomic E-state index is 12.9. The molecular weight excluding hydrogens is 542 g/mol. The first-order valence-corrected chi connectivity index (χ1v) is 12.0. The summed E-state index contributed by atoms with van der Waals surface area (Å²) in [5.74, 6) is -0.426. The molecule has 0 aromatic heterocycles. The predicted molar refractivity (Wildman–Crippen MR) is 135 cm³/mol. The lowest BCUT2D eigenvalue weighted by Crippen LogP contribution is -2.27. The number of carbonyl (C=O) groups is 3. The Labute approximate surface area is 213 Å². The van der Waals surface area contributed by atoms with Crippen LogP contribution in [0.15, 0.2) is 76.1 Å². The molecule has 0 saturated carbocycles. The Bertz CT molecular complexity index is 1310. The van der Waals surface area contributed by atoms with E-state index >= 15 is 0 Å².